The summed E-state index contributed by atoms with van der Waals surface area (Å²) in [5.41, 5.74) is 1.28. The molecule has 1 aromatic carbocycles. The van der Waals surface area contributed by atoms with Gasteiger partial charge in [-0.1, -0.05) is 0 Å². The fourth-order valence-electron chi connectivity index (χ4n) is 2.04. The zero-order valence-corrected chi connectivity index (χ0v) is 16.7. The first-order valence-electron chi connectivity index (χ1n) is 7.11. The minimum absolute atomic E-state index is 0.000931. The zero-order valence-electron chi connectivity index (χ0n) is 12.7. The molecular weight excluding hydrogens is 444 g/mol. The highest BCUT2D eigenvalue weighted by atomic mass is 79.9. The van der Waals surface area contributed by atoms with E-state index in [4.69, 9.17) is 0 Å². The number of benzene rings is 1. The number of hydrogen-bond acceptors (Lipinski definition) is 3. The lowest BCUT2D eigenvalue weighted by molar-refractivity contribution is 0.0773. The SMILES string of the molecule is CCN(CC)C(=O)c1ccc(NC(=O)c2cc(Br)c(Br)s2)cc1. The maximum Gasteiger partial charge on any atom is 0.265 e. The van der Waals surface area contributed by atoms with E-state index in [1.54, 1.807) is 35.2 Å². The number of carbonyl (C=O) groups is 2. The summed E-state index contributed by atoms with van der Waals surface area (Å²) in [6, 6.07) is 8.72. The number of nitrogens with zero attached hydrogens (tertiary/aromatic N) is 1. The van der Waals surface area contributed by atoms with Gasteiger partial charge in [0.15, 0.2) is 0 Å². The van der Waals surface area contributed by atoms with Gasteiger partial charge in [0.1, 0.15) is 0 Å². The average molecular weight is 460 g/mol. The molecule has 1 heterocycles. The summed E-state index contributed by atoms with van der Waals surface area (Å²) < 4.78 is 1.73. The predicted octanol–water partition coefficient (Wildman–Crippen LogP) is 5.01. The Kier molecular flexibility index (Phi) is 6.38. The van der Waals surface area contributed by atoms with Crippen LogP contribution in [0.5, 0.6) is 0 Å². The van der Waals surface area contributed by atoms with Crippen molar-refractivity contribution in [2.75, 3.05) is 18.4 Å². The number of amides is 2. The highest BCUT2D eigenvalue weighted by molar-refractivity contribution is 9.13. The van der Waals surface area contributed by atoms with Crippen molar-refractivity contribution in [2.45, 2.75) is 13.8 Å². The number of halogens is 2. The molecule has 0 aliphatic heterocycles. The molecule has 0 fully saturated rings. The largest absolute Gasteiger partial charge is 0.339 e. The standard InChI is InChI=1S/C16H16Br2N2O2S/c1-3-20(4-2)16(22)10-5-7-11(8-6-10)19-15(21)13-9-12(17)14(18)23-13/h5-9H,3-4H2,1-2H3,(H,19,21). The van der Waals surface area contributed by atoms with Gasteiger partial charge in [0.25, 0.3) is 11.8 Å². The predicted molar refractivity (Wildman–Crippen MR) is 101 cm³/mol. The summed E-state index contributed by atoms with van der Waals surface area (Å²) in [5, 5.41) is 2.83. The van der Waals surface area contributed by atoms with Crippen LogP contribution in [0, 0.1) is 0 Å². The number of thiophene rings is 1. The molecule has 23 heavy (non-hydrogen) atoms. The third kappa shape index (κ3) is 4.43. The van der Waals surface area contributed by atoms with E-state index < -0.39 is 0 Å². The summed E-state index contributed by atoms with van der Waals surface area (Å²) in [5.74, 6) is -0.178. The molecule has 4 nitrogen and oxygen atoms in total. The second kappa shape index (κ2) is 8.08. The first-order valence-corrected chi connectivity index (χ1v) is 9.52. The second-order valence-electron chi connectivity index (χ2n) is 4.74. The van der Waals surface area contributed by atoms with Gasteiger partial charge in [-0.3, -0.25) is 9.59 Å². The maximum atomic E-state index is 12.2. The molecule has 0 bridgehead atoms. The van der Waals surface area contributed by atoms with E-state index in [0.717, 1.165) is 8.26 Å². The molecule has 2 rings (SSSR count). The molecule has 122 valence electrons. The molecule has 2 amide bonds. The molecule has 1 N–H and O–H groups in total. The molecule has 0 aliphatic rings. The van der Waals surface area contributed by atoms with Gasteiger partial charge >= 0.3 is 0 Å². The summed E-state index contributed by atoms with van der Waals surface area (Å²) in [7, 11) is 0. The second-order valence-corrected chi connectivity index (χ2v) is 7.97. The van der Waals surface area contributed by atoms with Crippen molar-refractivity contribution in [3.05, 3.63) is 49.0 Å². The van der Waals surface area contributed by atoms with Crippen molar-refractivity contribution in [3.8, 4) is 0 Å². The van der Waals surface area contributed by atoms with Gasteiger partial charge < -0.3 is 10.2 Å². The molecule has 0 radical (unpaired) electrons. The molecular formula is C16H16Br2N2O2S. The lowest BCUT2D eigenvalue weighted by Gasteiger charge is -2.18. The summed E-state index contributed by atoms with van der Waals surface area (Å²) in [6.45, 7) is 5.26. The lowest BCUT2D eigenvalue weighted by atomic mass is 10.1. The summed E-state index contributed by atoms with van der Waals surface area (Å²) >= 11 is 8.09. The molecule has 7 heteroatoms. The fraction of sp³-hybridized carbons (Fsp3) is 0.250. The smallest absolute Gasteiger partial charge is 0.265 e. The molecule has 0 saturated carbocycles. The highest BCUT2D eigenvalue weighted by Gasteiger charge is 2.14. The van der Waals surface area contributed by atoms with Crippen LogP contribution in [-0.2, 0) is 0 Å². The van der Waals surface area contributed by atoms with Crippen LogP contribution < -0.4 is 5.32 Å². The van der Waals surface area contributed by atoms with Gasteiger partial charge in [-0.05, 0) is 76.0 Å². The number of carbonyl (C=O) groups excluding carboxylic acids is 2. The zero-order chi connectivity index (χ0) is 17.0. The van der Waals surface area contributed by atoms with Crippen molar-refractivity contribution >= 4 is 60.7 Å². The van der Waals surface area contributed by atoms with Crippen molar-refractivity contribution < 1.29 is 9.59 Å². The first kappa shape index (κ1) is 18.2. The van der Waals surface area contributed by atoms with Crippen LogP contribution in [0.25, 0.3) is 0 Å². The number of nitrogens with one attached hydrogen (secondary N) is 1. The molecule has 1 aromatic heterocycles. The van der Waals surface area contributed by atoms with Crippen LogP contribution >= 0.6 is 43.2 Å². The third-order valence-corrected chi connectivity index (χ3v) is 6.56. The lowest BCUT2D eigenvalue weighted by Crippen LogP contribution is -2.30. The van der Waals surface area contributed by atoms with Crippen LogP contribution in [0.3, 0.4) is 0 Å². The number of anilines is 1. The Balaban J connectivity index is 2.08. The van der Waals surface area contributed by atoms with E-state index in [-0.39, 0.29) is 11.8 Å². The van der Waals surface area contributed by atoms with Gasteiger partial charge in [-0.15, -0.1) is 11.3 Å². The number of hydrogen-bond donors (Lipinski definition) is 1. The Hall–Kier alpha value is -1.18. The van der Waals surface area contributed by atoms with Gasteiger partial charge in [0.2, 0.25) is 0 Å². The van der Waals surface area contributed by atoms with Crippen molar-refractivity contribution in [1.82, 2.24) is 4.90 Å². The normalized spacial score (nSPS) is 10.4. The van der Waals surface area contributed by atoms with Gasteiger partial charge in [-0.25, -0.2) is 0 Å². The van der Waals surface area contributed by atoms with Crippen molar-refractivity contribution in [2.24, 2.45) is 0 Å². The van der Waals surface area contributed by atoms with E-state index in [1.165, 1.54) is 11.3 Å². The van der Waals surface area contributed by atoms with Crippen LogP contribution in [-0.4, -0.2) is 29.8 Å². The van der Waals surface area contributed by atoms with Crippen molar-refractivity contribution in [3.63, 3.8) is 0 Å². The van der Waals surface area contributed by atoms with E-state index in [1.807, 2.05) is 13.8 Å². The summed E-state index contributed by atoms with van der Waals surface area (Å²) in [6.07, 6.45) is 0. The molecule has 0 spiro atoms. The average Bonchev–Trinajstić information content (AvgIpc) is 2.88. The fourth-order valence-corrected chi connectivity index (χ4v) is 3.97. The molecule has 0 unspecified atom stereocenters. The third-order valence-electron chi connectivity index (χ3n) is 3.31. The Morgan fingerprint density at radius 1 is 1.13 bits per heavy atom. The monoisotopic (exact) mass is 458 g/mol. The van der Waals surface area contributed by atoms with E-state index >= 15 is 0 Å². The Labute approximate surface area is 156 Å². The van der Waals surface area contributed by atoms with Crippen LogP contribution in [0.1, 0.15) is 33.9 Å². The molecule has 0 saturated heterocycles. The van der Waals surface area contributed by atoms with E-state index in [9.17, 15) is 9.59 Å². The van der Waals surface area contributed by atoms with Gasteiger partial charge in [0.05, 0.1) is 8.66 Å². The quantitative estimate of drug-likeness (QED) is 0.683. The van der Waals surface area contributed by atoms with Crippen LogP contribution in [0.15, 0.2) is 38.6 Å². The van der Waals surface area contributed by atoms with Crippen LogP contribution in [0.2, 0.25) is 0 Å². The maximum absolute atomic E-state index is 12.2. The van der Waals surface area contributed by atoms with Crippen molar-refractivity contribution in [1.29, 1.82) is 0 Å². The highest BCUT2D eigenvalue weighted by Crippen LogP contribution is 2.32. The van der Waals surface area contributed by atoms with Gasteiger partial charge in [-0.2, -0.15) is 0 Å². The Morgan fingerprint density at radius 3 is 2.22 bits per heavy atom. The molecule has 0 aliphatic carbocycles. The minimum atomic E-state index is -0.177. The van der Waals surface area contributed by atoms with E-state index in [2.05, 4.69) is 37.2 Å². The Morgan fingerprint density at radius 2 is 1.74 bits per heavy atom. The first-order chi connectivity index (χ1) is 11.0. The number of rotatable bonds is 5. The van der Waals surface area contributed by atoms with E-state index in [0.29, 0.717) is 29.2 Å². The topological polar surface area (TPSA) is 49.4 Å². The summed E-state index contributed by atoms with van der Waals surface area (Å²) in [4.78, 5) is 26.8. The van der Waals surface area contributed by atoms with Crippen LogP contribution in [0.4, 0.5) is 5.69 Å². The van der Waals surface area contributed by atoms with Gasteiger partial charge in [0, 0.05) is 28.8 Å². The molecule has 2 aromatic rings. The Bertz CT molecular complexity index is 690. The molecule has 0 atom stereocenters. The minimum Gasteiger partial charge on any atom is -0.339 e.